The lowest BCUT2D eigenvalue weighted by Crippen LogP contribution is -2.27. The maximum Gasteiger partial charge on any atom is 0.293 e. The van der Waals surface area contributed by atoms with Crippen LogP contribution >= 0.6 is 11.8 Å². The molecule has 2 amide bonds. The summed E-state index contributed by atoms with van der Waals surface area (Å²) in [5.41, 5.74) is 4.10. The zero-order valence-corrected chi connectivity index (χ0v) is 18.9. The first-order valence-corrected chi connectivity index (χ1v) is 11.1. The number of halogens is 1. The van der Waals surface area contributed by atoms with E-state index in [1.807, 2.05) is 51.1 Å². The molecule has 3 aromatic rings. The topological polar surface area (TPSA) is 51.5 Å². The Hall–Kier alpha value is -3.32. The predicted octanol–water partition coefficient (Wildman–Crippen LogP) is 5.87. The van der Waals surface area contributed by atoms with Crippen molar-refractivity contribution in [3.63, 3.8) is 0 Å². The first kappa shape index (κ1) is 21.9. The molecule has 1 aromatic heterocycles. The van der Waals surface area contributed by atoms with Crippen molar-refractivity contribution in [2.45, 2.75) is 27.3 Å². The van der Waals surface area contributed by atoms with Gasteiger partial charge in [0.1, 0.15) is 11.6 Å². The molecule has 164 valence electrons. The number of aromatic nitrogens is 1. The van der Waals surface area contributed by atoms with Gasteiger partial charge >= 0.3 is 0 Å². The predicted molar refractivity (Wildman–Crippen MR) is 124 cm³/mol. The maximum absolute atomic E-state index is 14.0. The number of hydrogen-bond acceptors (Lipinski definition) is 4. The summed E-state index contributed by atoms with van der Waals surface area (Å²) < 4.78 is 21.6. The van der Waals surface area contributed by atoms with E-state index in [0.29, 0.717) is 17.1 Å². The van der Waals surface area contributed by atoms with Gasteiger partial charge in [-0.15, -0.1) is 0 Å². The van der Waals surface area contributed by atoms with E-state index in [-0.39, 0.29) is 6.54 Å². The van der Waals surface area contributed by atoms with Gasteiger partial charge in [0, 0.05) is 22.6 Å². The highest BCUT2D eigenvalue weighted by Crippen LogP contribution is 2.35. The number of carbonyl (C=O) groups is 2. The third-order valence-corrected chi connectivity index (χ3v) is 6.23. The molecular weight excluding hydrogens is 427 g/mol. The fourth-order valence-corrected chi connectivity index (χ4v) is 4.59. The van der Waals surface area contributed by atoms with E-state index < -0.39 is 17.0 Å². The number of carbonyl (C=O) groups excluding carboxylic acids is 2. The molecule has 0 unspecified atom stereocenters. The van der Waals surface area contributed by atoms with Crippen LogP contribution in [0.15, 0.2) is 59.5 Å². The van der Waals surface area contributed by atoms with Crippen molar-refractivity contribution in [1.29, 1.82) is 0 Å². The van der Waals surface area contributed by atoms with Crippen LogP contribution in [0.1, 0.15) is 29.4 Å². The summed E-state index contributed by atoms with van der Waals surface area (Å²) in [5, 5.41) is -0.398. The molecule has 32 heavy (non-hydrogen) atoms. The molecule has 1 aliphatic rings. The average molecular weight is 451 g/mol. The summed E-state index contributed by atoms with van der Waals surface area (Å²) in [7, 11) is 0. The number of thioether (sulfide) groups is 1. The van der Waals surface area contributed by atoms with Crippen LogP contribution in [0.4, 0.5) is 9.18 Å². The fourth-order valence-electron chi connectivity index (χ4n) is 3.76. The van der Waals surface area contributed by atoms with E-state index in [4.69, 9.17) is 4.74 Å². The highest BCUT2D eigenvalue weighted by Gasteiger charge is 2.35. The number of aryl methyl sites for hydroxylation is 1. The molecule has 0 radical (unpaired) electrons. The van der Waals surface area contributed by atoms with E-state index >= 15 is 0 Å². The smallest absolute Gasteiger partial charge is 0.293 e. The van der Waals surface area contributed by atoms with Gasteiger partial charge in [-0.2, -0.15) is 0 Å². The maximum atomic E-state index is 14.0. The molecule has 1 aliphatic heterocycles. The molecule has 0 bridgehead atoms. The molecule has 4 rings (SSSR count). The van der Waals surface area contributed by atoms with E-state index in [1.165, 1.54) is 6.07 Å². The molecule has 0 aliphatic carbocycles. The fraction of sp³-hybridized carbons (Fsp3) is 0.200. The second-order valence-electron chi connectivity index (χ2n) is 7.45. The molecule has 0 N–H and O–H groups in total. The van der Waals surface area contributed by atoms with Crippen LogP contribution < -0.4 is 4.74 Å². The van der Waals surface area contributed by atoms with Crippen molar-refractivity contribution in [3.05, 3.63) is 87.8 Å². The number of rotatable bonds is 6. The van der Waals surface area contributed by atoms with Crippen LogP contribution in [0.3, 0.4) is 0 Å². The van der Waals surface area contributed by atoms with Gasteiger partial charge in [0.25, 0.3) is 11.1 Å². The number of ether oxygens (including phenoxy) is 1. The molecular formula is C25H23FN2O3S. The monoisotopic (exact) mass is 450 g/mol. The average Bonchev–Trinajstić information content (AvgIpc) is 3.20. The minimum atomic E-state index is -0.436. The van der Waals surface area contributed by atoms with Crippen LogP contribution in [-0.2, 0) is 11.3 Å². The summed E-state index contributed by atoms with van der Waals surface area (Å²) in [6.07, 6.45) is 1.74. The second kappa shape index (κ2) is 9.04. The van der Waals surface area contributed by atoms with Gasteiger partial charge in [-0.1, -0.05) is 18.2 Å². The van der Waals surface area contributed by atoms with Gasteiger partial charge in [-0.05, 0) is 80.6 Å². The molecule has 0 spiro atoms. The first-order chi connectivity index (χ1) is 15.4. The normalized spacial score (nSPS) is 15.1. The van der Waals surface area contributed by atoms with Crippen LogP contribution in [-0.4, -0.2) is 27.2 Å². The van der Waals surface area contributed by atoms with Crippen molar-refractivity contribution in [3.8, 4) is 11.4 Å². The minimum absolute atomic E-state index is 0.0835. The highest BCUT2D eigenvalue weighted by molar-refractivity contribution is 8.18. The van der Waals surface area contributed by atoms with Crippen LogP contribution in [0.5, 0.6) is 5.75 Å². The Morgan fingerprint density at radius 1 is 1.06 bits per heavy atom. The van der Waals surface area contributed by atoms with Gasteiger partial charge < -0.3 is 9.30 Å². The van der Waals surface area contributed by atoms with Gasteiger partial charge in [0.2, 0.25) is 0 Å². The third-order valence-electron chi connectivity index (χ3n) is 5.32. The van der Waals surface area contributed by atoms with Crippen molar-refractivity contribution >= 4 is 29.0 Å². The number of hydrogen-bond donors (Lipinski definition) is 0. The van der Waals surface area contributed by atoms with Crippen molar-refractivity contribution in [1.82, 2.24) is 9.47 Å². The lowest BCUT2D eigenvalue weighted by molar-refractivity contribution is -0.123. The van der Waals surface area contributed by atoms with Crippen molar-refractivity contribution in [2.24, 2.45) is 0 Å². The zero-order chi connectivity index (χ0) is 22.8. The molecule has 0 saturated carbocycles. The standard InChI is InChI=1S/C25H23FN2O3S/c1-4-31-21-11-9-20(10-12-21)28-16(2)13-19(17(28)3)14-23-24(29)27(25(30)32-23)15-18-7-5-6-8-22(18)26/h5-14H,4,15H2,1-3H3/b23-14-. The third kappa shape index (κ3) is 4.21. The quantitative estimate of drug-likeness (QED) is 0.441. The minimum Gasteiger partial charge on any atom is -0.494 e. The number of imide groups is 1. The van der Waals surface area contributed by atoms with Gasteiger partial charge in [0.05, 0.1) is 18.1 Å². The summed E-state index contributed by atoms with van der Waals surface area (Å²) >= 11 is 0.879. The highest BCUT2D eigenvalue weighted by atomic mass is 32.2. The lowest BCUT2D eigenvalue weighted by Gasteiger charge is -2.12. The second-order valence-corrected chi connectivity index (χ2v) is 8.44. The Bertz CT molecular complexity index is 1210. The SMILES string of the molecule is CCOc1ccc(-n2c(C)cc(/C=C3\SC(=O)N(Cc4ccccc4F)C3=O)c2C)cc1. The summed E-state index contributed by atoms with van der Waals surface area (Å²) in [6, 6.07) is 15.9. The molecule has 1 fully saturated rings. The first-order valence-electron chi connectivity index (χ1n) is 10.3. The Kier molecular flexibility index (Phi) is 6.19. The summed E-state index contributed by atoms with van der Waals surface area (Å²) in [5.74, 6) is -0.0361. The molecule has 2 heterocycles. The molecule has 0 atom stereocenters. The van der Waals surface area contributed by atoms with E-state index in [9.17, 15) is 14.0 Å². The Labute approximate surface area is 190 Å². The molecule has 7 heteroatoms. The summed E-state index contributed by atoms with van der Waals surface area (Å²) in [4.78, 5) is 26.7. The van der Waals surface area contributed by atoms with Crippen LogP contribution in [0.2, 0.25) is 0 Å². The van der Waals surface area contributed by atoms with Gasteiger partial charge in [-0.3, -0.25) is 14.5 Å². The Balaban J connectivity index is 1.60. The lowest BCUT2D eigenvalue weighted by atomic mass is 10.2. The molecule has 1 saturated heterocycles. The van der Waals surface area contributed by atoms with Crippen molar-refractivity contribution in [2.75, 3.05) is 6.61 Å². The van der Waals surface area contributed by atoms with E-state index in [2.05, 4.69) is 4.57 Å². The van der Waals surface area contributed by atoms with Gasteiger partial charge in [0.15, 0.2) is 0 Å². The molecule has 5 nitrogen and oxygen atoms in total. The Morgan fingerprint density at radius 3 is 2.47 bits per heavy atom. The molecule has 2 aromatic carbocycles. The van der Waals surface area contributed by atoms with Gasteiger partial charge in [-0.25, -0.2) is 4.39 Å². The summed E-state index contributed by atoms with van der Waals surface area (Å²) in [6.45, 7) is 6.43. The number of amides is 2. The van der Waals surface area contributed by atoms with E-state index in [0.717, 1.165) is 45.1 Å². The van der Waals surface area contributed by atoms with Crippen LogP contribution in [0.25, 0.3) is 11.8 Å². The number of benzene rings is 2. The number of nitrogens with zero attached hydrogens (tertiary/aromatic N) is 2. The van der Waals surface area contributed by atoms with Crippen molar-refractivity contribution < 1.29 is 18.7 Å². The Morgan fingerprint density at radius 2 is 1.78 bits per heavy atom. The van der Waals surface area contributed by atoms with E-state index in [1.54, 1.807) is 24.3 Å². The zero-order valence-electron chi connectivity index (χ0n) is 18.1. The largest absolute Gasteiger partial charge is 0.494 e. The van der Waals surface area contributed by atoms with Crippen LogP contribution in [0, 0.1) is 19.7 Å².